The van der Waals surface area contributed by atoms with Crippen molar-refractivity contribution in [2.75, 3.05) is 33.9 Å². The molecule has 0 bridgehead atoms. The van der Waals surface area contributed by atoms with E-state index in [2.05, 4.69) is 10.2 Å². The molecule has 1 amide bonds. The minimum atomic E-state index is -0.983. The molecule has 4 heterocycles. The Balaban J connectivity index is 1.78. The van der Waals surface area contributed by atoms with Crippen LogP contribution in [0.25, 0.3) is 15.2 Å². The lowest BCUT2D eigenvalue weighted by Crippen LogP contribution is -2.57. The van der Waals surface area contributed by atoms with E-state index in [-0.39, 0.29) is 38.6 Å². The number of hydrogen-bond donors (Lipinski definition) is 1. The van der Waals surface area contributed by atoms with Crippen LogP contribution in [0.15, 0.2) is 40.2 Å². The molecule has 0 unspecified atom stereocenters. The Hall–Kier alpha value is -3.88. The second-order valence-corrected chi connectivity index (χ2v) is 11.3. The molecule has 41 heavy (non-hydrogen) atoms. The first-order valence-corrected chi connectivity index (χ1v) is 13.9. The minimum Gasteiger partial charge on any atom is -0.496 e. The summed E-state index contributed by atoms with van der Waals surface area (Å²) in [7, 11) is 3.09. The van der Waals surface area contributed by atoms with Crippen LogP contribution in [0.2, 0.25) is 0 Å². The maximum atomic E-state index is 14.4. The molecule has 2 atom stereocenters. The van der Waals surface area contributed by atoms with Crippen molar-refractivity contribution >= 4 is 27.5 Å². The molecule has 12 nitrogen and oxygen atoms in total. The smallest absolute Gasteiger partial charge is 0.332 e. The summed E-state index contributed by atoms with van der Waals surface area (Å²) >= 11 is 1.18. The molecule has 5 rings (SSSR count). The third-order valence-electron chi connectivity index (χ3n) is 7.51. The van der Waals surface area contributed by atoms with Crippen molar-refractivity contribution in [3.05, 3.63) is 68.4 Å². The van der Waals surface area contributed by atoms with E-state index in [0.29, 0.717) is 38.5 Å². The highest BCUT2D eigenvalue weighted by Gasteiger charge is 2.39. The molecule has 1 aromatic carbocycles. The molecule has 1 N–H and O–H groups in total. The number of likely N-dealkylation sites (N-methyl/N-ethyl adjacent to an activating group) is 1. The first-order chi connectivity index (χ1) is 19.6. The van der Waals surface area contributed by atoms with Gasteiger partial charge in [-0.25, -0.2) is 9.18 Å². The van der Waals surface area contributed by atoms with E-state index >= 15 is 0 Å². The number of piperidine rings is 1. The molecule has 3 aromatic heterocycles. The number of carbonyl (C=O) groups is 1. The lowest BCUT2D eigenvalue weighted by Gasteiger charge is -2.39. The highest BCUT2D eigenvalue weighted by Crippen LogP contribution is 2.35. The number of benzene rings is 1. The van der Waals surface area contributed by atoms with Crippen molar-refractivity contribution in [2.45, 2.75) is 44.9 Å². The summed E-state index contributed by atoms with van der Waals surface area (Å²) in [5.41, 5.74) is -1.12. The molecule has 4 aromatic rings. The Labute approximate surface area is 238 Å². The molecule has 0 saturated carbocycles. The van der Waals surface area contributed by atoms with E-state index in [4.69, 9.17) is 9.47 Å². The summed E-state index contributed by atoms with van der Waals surface area (Å²) in [6, 6.07) is 3.98. The molecule has 1 aliphatic rings. The molecule has 14 heteroatoms. The van der Waals surface area contributed by atoms with E-state index in [0.717, 1.165) is 0 Å². The van der Waals surface area contributed by atoms with Gasteiger partial charge in [-0.2, -0.15) is 10.2 Å². The van der Waals surface area contributed by atoms with E-state index < -0.39 is 28.7 Å². The maximum absolute atomic E-state index is 14.4. The molecule has 1 saturated heterocycles. The third kappa shape index (κ3) is 5.06. The number of ether oxygens (including phenoxy) is 2. The summed E-state index contributed by atoms with van der Waals surface area (Å²) < 4.78 is 28.5. The number of hydrogen-bond acceptors (Lipinski definition) is 9. The number of nitrogens with zero attached hydrogens (tertiary/aromatic N) is 6. The number of carbonyl (C=O) groups excluding carboxylic acids is 1. The van der Waals surface area contributed by atoms with Crippen LogP contribution in [-0.2, 0) is 21.6 Å². The third-order valence-corrected chi connectivity index (χ3v) is 8.79. The Bertz CT molecular complexity index is 1710. The number of aryl methyl sites for hydroxylation is 1. The highest BCUT2D eigenvalue weighted by atomic mass is 32.1. The van der Waals surface area contributed by atoms with Gasteiger partial charge in [0, 0.05) is 31.1 Å². The second kappa shape index (κ2) is 11.2. The van der Waals surface area contributed by atoms with Gasteiger partial charge in [-0.3, -0.25) is 18.7 Å². The molecule has 0 aliphatic carbocycles. The lowest BCUT2D eigenvalue weighted by atomic mass is 9.90. The van der Waals surface area contributed by atoms with Crippen LogP contribution in [0, 0.1) is 12.7 Å². The Morgan fingerprint density at radius 3 is 2.61 bits per heavy atom. The zero-order valence-electron chi connectivity index (χ0n) is 23.2. The van der Waals surface area contributed by atoms with Gasteiger partial charge < -0.3 is 19.5 Å². The van der Waals surface area contributed by atoms with Gasteiger partial charge in [-0.1, -0.05) is 11.3 Å². The van der Waals surface area contributed by atoms with E-state index in [1.54, 1.807) is 20.9 Å². The fraction of sp³-hybridized carbons (Fsp3) is 0.444. The first kappa shape index (κ1) is 28.6. The van der Waals surface area contributed by atoms with Gasteiger partial charge in [0.25, 0.3) is 5.56 Å². The number of methoxy groups -OCH3 is 1. The molecule has 0 radical (unpaired) electrons. The number of aliphatic hydroxyl groups excluding tert-OH is 1. The monoisotopic (exact) mass is 586 g/mol. The lowest BCUT2D eigenvalue weighted by molar-refractivity contribution is -0.135. The first-order valence-electron chi connectivity index (χ1n) is 13.1. The van der Waals surface area contributed by atoms with Gasteiger partial charge in [0.2, 0.25) is 5.91 Å². The number of halogens is 1. The zero-order valence-corrected chi connectivity index (χ0v) is 24.0. The predicted octanol–water partition coefficient (Wildman–Crippen LogP) is 1.98. The number of fused-ring (bicyclic) bond motifs is 1. The highest BCUT2D eigenvalue weighted by molar-refractivity contribution is 7.21. The average molecular weight is 587 g/mol. The van der Waals surface area contributed by atoms with Gasteiger partial charge >= 0.3 is 5.69 Å². The van der Waals surface area contributed by atoms with Gasteiger partial charge in [0.15, 0.2) is 0 Å². The van der Waals surface area contributed by atoms with Crippen LogP contribution in [0.5, 0.6) is 5.75 Å². The van der Waals surface area contributed by atoms with Crippen molar-refractivity contribution < 1.29 is 23.8 Å². The Morgan fingerprint density at radius 2 is 1.95 bits per heavy atom. The van der Waals surface area contributed by atoms with Gasteiger partial charge in [0.1, 0.15) is 27.5 Å². The largest absolute Gasteiger partial charge is 0.496 e. The number of aliphatic hydroxyl groups is 1. The summed E-state index contributed by atoms with van der Waals surface area (Å²) in [4.78, 5) is 44.1. The van der Waals surface area contributed by atoms with Crippen LogP contribution in [0.3, 0.4) is 0 Å². The molecule has 1 fully saturated rings. The van der Waals surface area contributed by atoms with Gasteiger partial charge in [-0.05, 0) is 38.5 Å². The Morgan fingerprint density at radius 1 is 1.22 bits per heavy atom. The second-order valence-electron chi connectivity index (χ2n) is 10.3. The van der Waals surface area contributed by atoms with Gasteiger partial charge in [-0.15, -0.1) is 4.80 Å². The van der Waals surface area contributed by atoms with Crippen LogP contribution in [-0.4, -0.2) is 74.0 Å². The molecular formula is C27H31FN6O6S. The van der Waals surface area contributed by atoms with Crippen molar-refractivity contribution in [2.24, 2.45) is 0 Å². The Kier molecular flexibility index (Phi) is 7.81. The normalized spacial score (nSPS) is 18.3. The van der Waals surface area contributed by atoms with Crippen molar-refractivity contribution in [1.29, 1.82) is 0 Å². The minimum absolute atomic E-state index is 0.0636. The number of thiophene rings is 1. The topological polar surface area (TPSA) is 134 Å². The summed E-state index contributed by atoms with van der Waals surface area (Å²) in [5.74, 6) is -0.247. The van der Waals surface area contributed by atoms with E-state index in [1.807, 2.05) is 0 Å². The number of rotatable bonds is 9. The average Bonchev–Trinajstić information content (AvgIpc) is 3.59. The fourth-order valence-corrected chi connectivity index (χ4v) is 6.69. The molecule has 0 spiro atoms. The maximum Gasteiger partial charge on any atom is 0.332 e. The quantitative estimate of drug-likeness (QED) is 0.315. The van der Waals surface area contributed by atoms with E-state index in [9.17, 15) is 23.9 Å². The van der Waals surface area contributed by atoms with Crippen LogP contribution < -0.4 is 16.0 Å². The fourth-order valence-electron chi connectivity index (χ4n) is 5.47. The van der Waals surface area contributed by atoms with Gasteiger partial charge in [0.05, 0.1) is 50.2 Å². The summed E-state index contributed by atoms with van der Waals surface area (Å²) in [5, 5.41) is 18.8. The summed E-state index contributed by atoms with van der Waals surface area (Å²) in [6.07, 6.45) is 2.59. The van der Waals surface area contributed by atoms with Crippen LogP contribution in [0.1, 0.15) is 37.0 Å². The van der Waals surface area contributed by atoms with Crippen molar-refractivity contribution in [3.8, 4) is 10.8 Å². The summed E-state index contributed by atoms with van der Waals surface area (Å²) in [6.45, 7) is 3.23. The molecular weight excluding hydrogens is 555 g/mol. The standard InChI is InChI=1S/C27H31FN6O6S/c1-16-22-23(37)33(27(2)8-7-21(36)31(3)15-27)26(38)32(25(22)41-24(16)34-29-9-10-30-34)14-20(40-12-11-35)18-13-17(28)5-6-19(18)39-4/h5-6,9-10,13,20,35H,7-8,11-12,14-15H2,1-4H3/t20-,27+/m0/s1. The molecule has 218 valence electrons. The van der Waals surface area contributed by atoms with Crippen LogP contribution >= 0.6 is 11.3 Å². The SMILES string of the molecule is COc1ccc(F)cc1[C@H](Cn1c(=O)n([C@]2(C)CCC(=O)N(C)C2)c(=O)c2c(C)c(-n3nccn3)sc21)OCCO. The van der Waals surface area contributed by atoms with Crippen LogP contribution in [0.4, 0.5) is 4.39 Å². The van der Waals surface area contributed by atoms with Crippen molar-refractivity contribution in [3.63, 3.8) is 0 Å². The zero-order chi connectivity index (χ0) is 29.5. The van der Waals surface area contributed by atoms with Crippen molar-refractivity contribution in [1.82, 2.24) is 29.0 Å². The number of aromatic nitrogens is 5. The number of likely N-dealkylation sites (tertiary alicyclic amines) is 1. The predicted molar refractivity (Wildman–Crippen MR) is 149 cm³/mol. The van der Waals surface area contributed by atoms with E-state index in [1.165, 1.54) is 67.9 Å². The number of amides is 1. The molecule has 1 aliphatic heterocycles.